The highest BCUT2D eigenvalue weighted by molar-refractivity contribution is 7.92. The summed E-state index contributed by atoms with van der Waals surface area (Å²) in [5.74, 6) is -1.40. The number of rotatable bonds is 16. The molecule has 10 heteroatoms. The number of aliphatic hydroxyl groups is 3. The van der Waals surface area contributed by atoms with E-state index >= 15 is 0 Å². The summed E-state index contributed by atoms with van der Waals surface area (Å²) in [5, 5.41) is 33.0. The molecule has 9 nitrogen and oxygen atoms in total. The van der Waals surface area contributed by atoms with Gasteiger partial charge in [0.15, 0.2) is 16.1 Å². The van der Waals surface area contributed by atoms with E-state index < -0.39 is 52.2 Å². The first-order chi connectivity index (χ1) is 16.7. The van der Waals surface area contributed by atoms with Crippen molar-refractivity contribution < 1.29 is 38.0 Å². The Kier molecular flexibility index (Phi) is 13.2. The van der Waals surface area contributed by atoms with E-state index in [0.29, 0.717) is 6.42 Å². The van der Waals surface area contributed by atoms with Gasteiger partial charge in [0, 0.05) is 6.54 Å². The number of amides is 1. The van der Waals surface area contributed by atoms with Crippen LogP contribution >= 0.6 is 0 Å². The Hall–Kier alpha value is -1.56. The molecule has 1 aromatic carbocycles. The molecule has 1 aliphatic heterocycles. The van der Waals surface area contributed by atoms with Crippen molar-refractivity contribution in [1.82, 2.24) is 5.32 Å². The molecule has 1 fully saturated rings. The minimum Gasteiger partial charge on any atom is -0.388 e. The fourth-order valence-electron chi connectivity index (χ4n) is 3.97. The Balaban J connectivity index is 1.73. The van der Waals surface area contributed by atoms with Crippen LogP contribution in [0.25, 0.3) is 0 Å². The third-order valence-corrected chi connectivity index (χ3v) is 7.70. The van der Waals surface area contributed by atoms with Crippen LogP contribution in [0.4, 0.5) is 0 Å². The van der Waals surface area contributed by atoms with E-state index in [1.54, 1.807) is 0 Å². The molecule has 1 amide bonds. The van der Waals surface area contributed by atoms with Crippen LogP contribution in [-0.2, 0) is 30.7 Å². The van der Waals surface area contributed by atoms with E-state index in [0.717, 1.165) is 24.8 Å². The molecule has 1 saturated heterocycles. The number of hydrogen-bond donors (Lipinski definition) is 4. The summed E-state index contributed by atoms with van der Waals surface area (Å²) in [7, 11) is -3.55. The van der Waals surface area contributed by atoms with Crippen molar-refractivity contribution in [3.63, 3.8) is 0 Å². The van der Waals surface area contributed by atoms with Gasteiger partial charge in [-0.3, -0.25) is 4.79 Å². The smallest absolute Gasteiger partial charge is 0.235 e. The molecule has 5 atom stereocenters. The fraction of sp³-hybridized carbons (Fsp3) is 0.720. The summed E-state index contributed by atoms with van der Waals surface area (Å²) in [4.78, 5) is 12.2. The van der Waals surface area contributed by atoms with Crippen LogP contribution in [0.15, 0.2) is 30.3 Å². The van der Waals surface area contributed by atoms with Gasteiger partial charge in [0.25, 0.3) is 0 Å². The van der Waals surface area contributed by atoms with Crippen molar-refractivity contribution in [2.45, 2.75) is 95.6 Å². The van der Waals surface area contributed by atoms with Crippen molar-refractivity contribution in [3.8, 4) is 0 Å². The molecule has 1 heterocycles. The monoisotopic (exact) mass is 515 g/mol. The number of sulfone groups is 1. The van der Waals surface area contributed by atoms with E-state index in [2.05, 4.69) is 12.2 Å². The molecule has 0 radical (unpaired) electrons. The lowest BCUT2D eigenvalue weighted by atomic mass is 9.99. The maximum absolute atomic E-state index is 12.3. The van der Waals surface area contributed by atoms with Gasteiger partial charge in [-0.25, -0.2) is 8.42 Å². The Morgan fingerprint density at radius 3 is 2.23 bits per heavy atom. The summed E-state index contributed by atoms with van der Waals surface area (Å²) in [6.07, 6.45) is 1.44. The number of hydrogen-bond acceptors (Lipinski definition) is 8. The van der Waals surface area contributed by atoms with E-state index in [1.807, 2.05) is 30.3 Å². The molecule has 0 bridgehead atoms. The molecule has 0 aromatic heterocycles. The number of carbonyl (C=O) groups is 1. The average molecular weight is 516 g/mol. The molecular weight excluding hydrogens is 474 g/mol. The summed E-state index contributed by atoms with van der Waals surface area (Å²) in [6.45, 7) is 2.04. The number of ether oxygens (including phenoxy) is 2. The van der Waals surface area contributed by atoms with Crippen molar-refractivity contribution in [1.29, 1.82) is 0 Å². The van der Waals surface area contributed by atoms with Gasteiger partial charge in [-0.15, -0.1) is 0 Å². The summed E-state index contributed by atoms with van der Waals surface area (Å²) < 4.78 is 35.6. The Labute approximate surface area is 208 Å². The SMILES string of the molecule is CCCCCCCCCCS(=O)(=O)CC(=O)NC[C@H]1O[C@H](OCc2ccccc2)[C@@H](O)[C@@H](O)[C@@H]1O. The second-order valence-corrected chi connectivity index (χ2v) is 11.4. The first kappa shape index (κ1) is 29.7. The number of benzene rings is 1. The van der Waals surface area contributed by atoms with Crippen LogP contribution in [-0.4, -0.2) is 78.4 Å². The predicted octanol–water partition coefficient (Wildman–Crippen LogP) is 1.68. The number of carbonyl (C=O) groups excluding carboxylic acids is 1. The van der Waals surface area contributed by atoms with Crippen LogP contribution in [0.1, 0.15) is 63.9 Å². The number of unbranched alkanes of at least 4 members (excludes halogenated alkanes) is 7. The minimum absolute atomic E-state index is 0.0434. The van der Waals surface area contributed by atoms with Crippen molar-refractivity contribution in [2.75, 3.05) is 18.1 Å². The molecule has 1 aliphatic rings. The predicted molar refractivity (Wildman–Crippen MR) is 132 cm³/mol. The largest absolute Gasteiger partial charge is 0.388 e. The molecule has 35 heavy (non-hydrogen) atoms. The van der Waals surface area contributed by atoms with Gasteiger partial charge in [-0.1, -0.05) is 82.2 Å². The van der Waals surface area contributed by atoms with E-state index in [-0.39, 0.29) is 18.9 Å². The normalized spacial score (nSPS) is 24.9. The molecule has 0 saturated carbocycles. The lowest BCUT2D eigenvalue weighted by Crippen LogP contribution is -2.60. The second-order valence-electron chi connectivity index (χ2n) is 9.18. The van der Waals surface area contributed by atoms with Gasteiger partial charge < -0.3 is 30.1 Å². The lowest BCUT2D eigenvalue weighted by molar-refractivity contribution is -0.298. The summed E-state index contributed by atoms with van der Waals surface area (Å²) >= 11 is 0. The third-order valence-electron chi connectivity index (χ3n) is 6.09. The van der Waals surface area contributed by atoms with Gasteiger partial charge >= 0.3 is 0 Å². The molecule has 2 rings (SSSR count). The quantitative estimate of drug-likeness (QED) is 0.244. The van der Waals surface area contributed by atoms with E-state index in [4.69, 9.17) is 9.47 Å². The van der Waals surface area contributed by atoms with Gasteiger partial charge in [0.05, 0.1) is 12.4 Å². The van der Waals surface area contributed by atoms with Crippen molar-refractivity contribution >= 4 is 15.7 Å². The third kappa shape index (κ3) is 10.9. The maximum Gasteiger partial charge on any atom is 0.235 e. The van der Waals surface area contributed by atoms with Crippen molar-refractivity contribution in [2.24, 2.45) is 0 Å². The first-order valence-corrected chi connectivity index (χ1v) is 14.4. The van der Waals surface area contributed by atoms with Crippen LogP contribution in [0.3, 0.4) is 0 Å². The molecule has 0 unspecified atom stereocenters. The second kappa shape index (κ2) is 15.5. The number of aliphatic hydroxyl groups excluding tert-OH is 3. The van der Waals surface area contributed by atoms with Gasteiger partial charge in [0.2, 0.25) is 5.91 Å². The van der Waals surface area contributed by atoms with E-state index in [9.17, 15) is 28.5 Å². The summed E-state index contributed by atoms with van der Waals surface area (Å²) in [5.41, 5.74) is 0.829. The molecule has 1 aromatic rings. The highest BCUT2D eigenvalue weighted by atomic mass is 32.2. The van der Waals surface area contributed by atoms with E-state index in [1.165, 1.54) is 25.7 Å². The molecule has 0 aliphatic carbocycles. The number of nitrogens with one attached hydrogen (secondary N) is 1. The average Bonchev–Trinajstić information content (AvgIpc) is 2.83. The summed E-state index contributed by atoms with van der Waals surface area (Å²) in [6, 6.07) is 9.16. The van der Waals surface area contributed by atoms with Gasteiger partial charge in [-0.05, 0) is 12.0 Å². The Bertz CT molecular complexity index is 835. The van der Waals surface area contributed by atoms with Crippen molar-refractivity contribution in [3.05, 3.63) is 35.9 Å². The molecule has 200 valence electrons. The highest BCUT2D eigenvalue weighted by Gasteiger charge is 2.44. The first-order valence-electron chi connectivity index (χ1n) is 12.6. The molecule has 4 N–H and O–H groups in total. The zero-order chi connectivity index (χ0) is 25.7. The standard InChI is InChI=1S/C25H41NO8S/c1-2-3-4-5-6-7-8-12-15-35(31,32)18-21(27)26-16-20-22(28)23(29)24(30)25(34-20)33-17-19-13-10-9-11-14-19/h9-11,13-14,20,22-25,28-30H,2-8,12,15-18H2,1H3,(H,26,27)/t20-,22-,23+,24+,25+/m1/s1. The Morgan fingerprint density at radius 1 is 0.943 bits per heavy atom. The zero-order valence-corrected chi connectivity index (χ0v) is 21.4. The molecule has 0 spiro atoms. The van der Waals surface area contributed by atoms with Crippen LogP contribution in [0.5, 0.6) is 0 Å². The zero-order valence-electron chi connectivity index (χ0n) is 20.5. The van der Waals surface area contributed by atoms with Crippen LogP contribution in [0.2, 0.25) is 0 Å². The Morgan fingerprint density at radius 2 is 1.57 bits per heavy atom. The highest BCUT2D eigenvalue weighted by Crippen LogP contribution is 2.23. The van der Waals surface area contributed by atoms with Crippen LogP contribution in [0, 0.1) is 0 Å². The van der Waals surface area contributed by atoms with Gasteiger partial charge in [-0.2, -0.15) is 0 Å². The van der Waals surface area contributed by atoms with Gasteiger partial charge in [0.1, 0.15) is 30.2 Å². The molecular formula is C25H41NO8S. The topological polar surface area (TPSA) is 142 Å². The van der Waals surface area contributed by atoms with Crippen LogP contribution < -0.4 is 5.32 Å². The minimum atomic E-state index is -3.55. The lowest BCUT2D eigenvalue weighted by Gasteiger charge is -2.40. The fourth-order valence-corrected chi connectivity index (χ4v) is 5.26. The maximum atomic E-state index is 12.3.